The van der Waals surface area contributed by atoms with Gasteiger partial charge in [-0.15, -0.1) is 12.4 Å². The van der Waals surface area contributed by atoms with Gasteiger partial charge < -0.3 is 14.6 Å². The fourth-order valence-corrected chi connectivity index (χ4v) is 3.06. The summed E-state index contributed by atoms with van der Waals surface area (Å²) in [6, 6.07) is 3.69. The van der Waals surface area contributed by atoms with Crippen LogP contribution in [0.2, 0.25) is 0 Å². The van der Waals surface area contributed by atoms with Crippen molar-refractivity contribution in [3.8, 4) is 17.3 Å². The third-order valence-corrected chi connectivity index (χ3v) is 4.41. The van der Waals surface area contributed by atoms with E-state index in [-0.39, 0.29) is 12.4 Å². The van der Waals surface area contributed by atoms with Crippen molar-refractivity contribution in [2.75, 3.05) is 20.2 Å². The highest BCUT2D eigenvalue weighted by Gasteiger charge is 2.58. The zero-order valence-electron chi connectivity index (χ0n) is 11.7. The molecular weight excluding hydrogens is 292 g/mol. The molecule has 21 heavy (non-hydrogen) atoms. The van der Waals surface area contributed by atoms with E-state index in [4.69, 9.17) is 9.26 Å². The Morgan fingerprint density at radius 3 is 3.00 bits per heavy atom. The molecule has 1 saturated heterocycles. The van der Waals surface area contributed by atoms with Gasteiger partial charge in [0, 0.05) is 30.3 Å². The Balaban J connectivity index is 0.00000132. The number of aromatic nitrogens is 3. The number of rotatable bonds is 3. The number of ether oxygens (including phenoxy) is 1. The molecule has 2 atom stereocenters. The number of nitrogens with zero attached hydrogens (tertiary/aromatic N) is 3. The molecule has 112 valence electrons. The van der Waals surface area contributed by atoms with E-state index in [0.717, 1.165) is 31.0 Å². The van der Waals surface area contributed by atoms with E-state index in [2.05, 4.69) is 20.4 Å². The predicted octanol–water partition coefficient (Wildman–Crippen LogP) is 2.03. The van der Waals surface area contributed by atoms with Gasteiger partial charge in [-0.25, -0.2) is 4.98 Å². The summed E-state index contributed by atoms with van der Waals surface area (Å²) in [6.07, 6.45) is 4.06. The molecule has 1 spiro atoms. The third kappa shape index (κ3) is 2.38. The molecule has 1 aliphatic carbocycles. The van der Waals surface area contributed by atoms with Crippen LogP contribution in [0.4, 0.5) is 0 Å². The summed E-state index contributed by atoms with van der Waals surface area (Å²) >= 11 is 0. The van der Waals surface area contributed by atoms with E-state index in [1.54, 1.807) is 19.4 Å². The second-order valence-electron chi connectivity index (χ2n) is 5.59. The maximum Gasteiger partial charge on any atom is 0.230 e. The maximum absolute atomic E-state index is 5.44. The van der Waals surface area contributed by atoms with E-state index in [9.17, 15) is 0 Å². The van der Waals surface area contributed by atoms with Gasteiger partial charge in [0.05, 0.1) is 7.11 Å². The first kappa shape index (κ1) is 14.3. The van der Waals surface area contributed by atoms with E-state index < -0.39 is 0 Å². The summed E-state index contributed by atoms with van der Waals surface area (Å²) < 4.78 is 10.5. The average Bonchev–Trinajstić information content (AvgIpc) is 2.86. The fourth-order valence-electron chi connectivity index (χ4n) is 3.06. The molecule has 4 rings (SSSR count). The van der Waals surface area contributed by atoms with Crippen molar-refractivity contribution in [1.29, 1.82) is 0 Å². The van der Waals surface area contributed by atoms with Crippen molar-refractivity contribution in [3.63, 3.8) is 0 Å². The third-order valence-electron chi connectivity index (χ3n) is 4.41. The molecule has 0 bridgehead atoms. The lowest BCUT2D eigenvalue weighted by atomic mass is 10.0. The van der Waals surface area contributed by atoms with Crippen LogP contribution in [0.15, 0.2) is 22.9 Å². The van der Waals surface area contributed by atoms with E-state index >= 15 is 0 Å². The summed E-state index contributed by atoms with van der Waals surface area (Å²) in [4.78, 5) is 8.69. The highest BCUT2D eigenvalue weighted by Crippen LogP contribution is 2.62. The molecule has 0 aromatic carbocycles. The number of pyridine rings is 1. The zero-order chi connectivity index (χ0) is 13.6. The summed E-state index contributed by atoms with van der Waals surface area (Å²) in [7, 11) is 1.59. The molecule has 7 heteroatoms. The highest BCUT2D eigenvalue weighted by molar-refractivity contribution is 5.85. The van der Waals surface area contributed by atoms with E-state index in [0.29, 0.717) is 23.0 Å². The molecule has 3 heterocycles. The van der Waals surface area contributed by atoms with E-state index in [1.807, 2.05) is 6.07 Å². The first-order valence-corrected chi connectivity index (χ1v) is 6.85. The first-order valence-electron chi connectivity index (χ1n) is 6.85. The van der Waals surface area contributed by atoms with Gasteiger partial charge >= 0.3 is 0 Å². The average molecular weight is 309 g/mol. The van der Waals surface area contributed by atoms with Gasteiger partial charge in [0.1, 0.15) is 0 Å². The Morgan fingerprint density at radius 1 is 1.43 bits per heavy atom. The monoisotopic (exact) mass is 308 g/mol. The molecule has 2 aromatic rings. The normalized spacial score (nSPS) is 26.6. The molecule has 2 aromatic heterocycles. The van der Waals surface area contributed by atoms with Gasteiger partial charge in [0.2, 0.25) is 17.6 Å². The molecule has 1 aliphatic heterocycles. The zero-order valence-corrected chi connectivity index (χ0v) is 12.5. The second-order valence-corrected chi connectivity index (χ2v) is 5.59. The van der Waals surface area contributed by atoms with E-state index in [1.165, 1.54) is 6.42 Å². The highest BCUT2D eigenvalue weighted by atomic mass is 35.5. The van der Waals surface area contributed by atoms with Gasteiger partial charge in [-0.05, 0) is 30.9 Å². The van der Waals surface area contributed by atoms with Crippen LogP contribution >= 0.6 is 12.4 Å². The molecule has 6 nitrogen and oxygen atoms in total. The summed E-state index contributed by atoms with van der Waals surface area (Å²) in [6.45, 7) is 2.17. The minimum atomic E-state index is 0. The topological polar surface area (TPSA) is 73.1 Å². The largest absolute Gasteiger partial charge is 0.481 e. The fraction of sp³-hybridized carbons (Fsp3) is 0.500. The van der Waals surface area contributed by atoms with Crippen LogP contribution in [-0.4, -0.2) is 35.3 Å². The summed E-state index contributed by atoms with van der Waals surface area (Å²) in [5, 5.41) is 7.48. The van der Waals surface area contributed by atoms with Crippen LogP contribution in [-0.2, 0) is 0 Å². The quantitative estimate of drug-likeness (QED) is 0.935. The molecule has 2 unspecified atom stereocenters. The number of methoxy groups -OCH3 is 1. The van der Waals surface area contributed by atoms with Crippen molar-refractivity contribution in [2.45, 2.75) is 18.8 Å². The van der Waals surface area contributed by atoms with Crippen molar-refractivity contribution >= 4 is 12.4 Å². The van der Waals surface area contributed by atoms with Gasteiger partial charge in [-0.1, -0.05) is 5.16 Å². The Kier molecular flexibility index (Phi) is 3.59. The standard InChI is InChI=1S/C14H16N4O2.ClH/c1-19-11-3-2-9(7-16-11)12-17-13(20-18-12)10-6-14(10)4-5-15-8-14;/h2-3,7,10,15H,4-6,8H2,1H3;1H. The van der Waals surface area contributed by atoms with Gasteiger partial charge in [0.15, 0.2) is 0 Å². The predicted molar refractivity (Wildman–Crippen MR) is 78.6 cm³/mol. The van der Waals surface area contributed by atoms with Crippen LogP contribution < -0.4 is 10.1 Å². The van der Waals surface area contributed by atoms with Crippen LogP contribution in [0.3, 0.4) is 0 Å². The lowest BCUT2D eigenvalue weighted by Crippen LogP contribution is -2.10. The maximum atomic E-state index is 5.44. The number of hydrogen-bond donors (Lipinski definition) is 1. The number of halogens is 1. The molecule has 2 aliphatic rings. The number of hydrogen-bond acceptors (Lipinski definition) is 6. The Labute approximate surface area is 128 Å². The van der Waals surface area contributed by atoms with Crippen molar-refractivity contribution in [1.82, 2.24) is 20.4 Å². The van der Waals surface area contributed by atoms with Crippen LogP contribution in [0.25, 0.3) is 11.4 Å². The first-order chi connectivity index (χ1) is 9.81. The molecule has 1 N–H and O–H groups in total. The Morgan fingerprint density at radius 2 is 2.33 bits per heavy atom. The minimum absolute atomic E-state index is 0. The van der Waals surface area contributed by atoms with Crippen molar-refractivity contribution in [2.24, 2.45) is 5.41 Å². The smallest absolute Gasteiger partial charge is 0.230 e. The molecule has 2 fully saturated rings. The molecule has 0 radical (unpaired) electrons. The van der Waals surface area contributed by atoms with Crippen molar-refractivity contribution < 1.29 is 9.26 Å². The van der Waals surface area contributed by atoms with Gasteiger partial charge in [0.25, 0.3) is 0 Å². The van der Waals surface area contributed by atoms with Crippen molar-refractivity contribution in [3.05, 3.63) is 24.2 Å². The lowest BCUT2D eigenvalue weighted by molar-refractivity contribution is 0.364. The SMILES string of the molecule is COc1ccc(-c2noc(C3CC34CCNC4)n2)cn1.Cl. The molecule has 1 saturated carbocycles. The molecular formula is C14H17ClN4O2. The lowest BCUT2D eigenvalue weighted by Gasteiger charge is -2.02. The van der Waals surface area contributed by atoms with Crippen LogP contribution in [0.1, 0.15) is 24.7 Å². The Bertz CT molecular complexity index is 622. The van der Waals surface area contributed by atoms with Crippen LogP contribution in [0, 0.1) is 5.41 Å². The molecule has 0 amide bonds. The van der Waals surface area contributed by atoms with Gasteiger partial charge in [-0.2, -0.15) is 4.98 Å². The van der Waals surface area contributed by atoms with Crippen LogP contribution in [0.5, 0.6) is 5.88 Å². The summed E-state index contributed by atoms with van der Waals surface area (Å²) in [5.74, 6) is 2.36. The second kappa shape index (κ2) is 5.27. The minimum Gasteiger partial charge on any atom is -0.481 e. The number of nitrogens with one attached hydrogen (secondary N) is 1. The summed E-state index contributed by atoms with van der Waals surface area (Å²) in [5.41, 5.74) is 1.22. The van der Waals surface area contributed by atoms with Gasteiger partial charge in [-0.3, -0.25) is 0 Å². The Hall–Kier alpha value is -1.66.